The quantitative estimate of drug-likeness (QED) is 0.494. The van der Waals surface area contributed by atoms with Crippen LogP contribution >= 0.6 is 11.6 Å². The molecule has 0 aliphatic carbocycles. The van der Waals surface area contributed by atoms with Crippen molar-refractivity contribution in [2.45, 2.75) is 0 Å². The summed E-state index contributed by atoms with van der Waals surface area (Å²) in [5.41, 5.74) is 3.96. The predicted octanol–water partition coefficient (Wildman–Crippen LogP) is 5.63. The fourth-order valence-electron chi connectivity index (χ4n) is 2.87. The zero-order valence-electron chi connectivity index (χ0n) is 13.1. The van der Waals surface area contributed by atoms with E-state index >= 15 is 0 Å². The summed E-state index contributed by atoms with van der Waals surface area (Å²) in [7, 11) is 0. The van der Waals surface area contributed by atoms with Gasteiger partial charge in [0.2, 0.25) is 0 Å². The van der Waals surface area contributed by atoms with E-state index in [0.717, 1.165) is 27.7 Å². The van der Waals surface area contributed by atoms with Crippen molar-refractivity contribution in [3.63, 3.8) is 0 Å². The van der Waals surface area contributed by atoms with E-state index in [1.165, 1.54) is 0 Å². The smallest absolute Gasteiger partial charge is 0.123 e. The Balaban J connectivity index is 1.85. The van der Waals surface area contributed by atoms with Crippen molar-refractivity contribution >= 4 is 22.5 Å². The molecule has 4 aromatic rings. The Hall–Kier alpha value is -3.04. The topological polar surface area (TPSA) is 53.4 Å². The zero-order valence-corrected chi connectivity index (χ0v) is 13.9. The molecule has 2 N–H and O–H groups in total. The van der Waals surface area contributed by atoms with E-state index in [1.54, 1.807) is 24.3 Å². The number of para-hydroxylation sites is 1. The minimum atomic E-state index is 0.192. The second-order valence-corrected chi connectivity index (χ2v) is 6.13. The molecule has 0 unspecified atom stereocenters. The Morgan fingerprint density at radius 1 is 0.720 bits per heavy atom. The van der Waals surface area contributed by atoms with Gasteiger partial charge < -0.3 is 10.2 Å². The highest BCUT2D eigenvalue weighted by Gasteiger charge is 2.12. The minimum absolute atomic E-state index is 0.192. The van der Waals surface area contributed by atoms with Gasteiger partial charge >= 0.3 is 0 Å². The van der Waals surface area contributed by atoms with Crippen LogP contribution in [-0.4, -0.2) is 15.2 Å². The summed E-state index contributed by atoms with van der Waals surface area (Å²) in [6.45, 7) is 0. The molecule has 25 heavy (non-hydrogen) atoms. The second kappa shape index (κ2) is 6.11. The van der Waals surface area contributed by atoms with Crippen LogP contribution in [-0.2, 0) is 0 Å². The Bertz CT molecular complexity index is 1070. The van der Waals surface area contributed by atoms with Crippen molar-refractivity contribution in [1.29, 1.82) is 0 Å². The van der Waals surface area contributed by atoms with Crippen LogP contribution in [0.25, 0.3) is 33.3 Å². The number of hydrogen-bond donors (Lipinski definition) is 2. The first kappa shape index (κ1) is 15.5. The summed E-state index contributed by atoms with van der Waals surface area (Å²) in [5.74, 6) is 0.414. The number of halogens is 1. The number of fused-ring (bicyclic) bond motifs is 1. The molecule has 0 saturated carbocycles. The third-order valence-corrected chi connectivity index (χ3v) is 4.57. The van der Waals surface area contributed by atoms with Gasteiger partial charge in [-0.15, -0.1) is 0 Å². The molecule has 0 fully saturated rings. The molecule has 0 spiro atoms. The van der Waals surface area contributed by atoms with Gasteiger partial charge in [-0.05, 0) is 48.5 Å². The average molecular weight is 348 g/mol. The van der Waals surface area contributed by atoms with Gasteiger partial charge in [-0.2, -0.15) is 0 Å². The lowest BCUT2D eigenvalue weighted by atomic mass is 10.0. The normalized spacial score (nSPS) is 10.9. The van der Waals surface area contributed by atoms with E-state index < -0.39 is 0 Å². The van der Waals surface area contributed by atoms with Crippen molar-refractivity contribution < 1.29 is 10.2 Å². The van der Waals surface area contributed by atoms with Gasteiger partial charge in [0.25, 0.3) is 0 Å². The van der Waals surface area contributed by atoms with E-state index in [1.807, 2.05) is 48.5 Å². The Morgan fingerprint density at radius 2 is 1.48 bits per heavy atom. The van der Waals surface area contributed by atoms with Crippen LogP contribution in [0, 0.1) is 0 Å². The monoisotopic (exact) mass is 347 g/mol. The van der Waals surface area contributed by atoms with Crippen LogP contribution in [0.5, 0.6) is 11.5 Å². The third-order valence-electron chi connectivity index (χ3n) is 4.16. The number of aromatic nitrogens is 1. The molecule has 0 radical (unpaired) electrons. The largest absolute Gasteiger partial charge is 0.508 e. The summed E-state index contributed by atoms with van der Waals surface area (Å²) < 4.78 is 0. The lowest BCUT2D eigenvalue weighted by molar-refractivity contribution is 0.475. The zero-order chi connectivity index (χ0) is 17.4. The van der Waals surface area contributed by atoms with Crippen molar-refractivity contribution in [2.24, 2.45) is 0 Å². The molecule has 4 heteroatoms. The van der Waals surface area contributed by atoms with Crippen LogP contribution in [0.3, 0.4) is 0 Å². The molecule has 3 aromatic carbocycles. The van der Waals surface area contributed by atoms with Gasteiger partial charge in [-0.25, -0.2) is 4.98 Å². The van der Waals surface area contributed by atoms with Crippen molar-refractivity contribution in [3.05, 3.63) is 77.8 Å². The fraction of sp³-hybridized carbons (Fsp3) is 0. The average Bonchev–Trinajstić information content (AvgIpc) is 2.63. The fourth-order valence-corrected chi connectivity index (χ4v) is 3.20. The number of phenols is 2. The Kier molecular flexibility index (Phi) is 3.79. The lowest BCUT2D eigenvalue weighted by Gasteiger charge is -2.10. The maximum atomic E-state index is 10.1. The lowest BCUT2D eigenvalue weighted by Crippen LogP contribution is -1.88. The molecule has 4 rings (SSSR count). The highest BCUT2D eigenvalue weighted by molar-refractivity contribution is 6.38. The summed E-state index contributed by atoms with van der Waals surface area (Å²) in [6.07, 6.45) is 0. The number of benzene rings is 3. The van der Waals surface area contributed by atoms with Crippen LogP contribution in [0.2, 0.25) is 5.02 Å². The third kappa shape index (κ3) is 2.79. The van der Waals surface area contributed by atoms with Crippen LogP contribution in [0.1, 0.15) is 0 Å². The molecule has 1 aromatic heterocycles. The summed E-state index contributed by atoms with van der Waals surface area (Å²) in [5, 5.41) is 20.9. The van der Waals surface area contributed by atoms with Gasteiger partial charge in [-0.3, -0.25) is 0 Å². The molecule has 0 amide bonds. The van der Waals surface area contributed by atoms with Crippen LogP contribution < -0.4 is 0 Å². The predicted molar refractivity (Wildman–Crippen MR) is 101 cm³/mol. The van der Waals surface area contributed by atoms with Gasteiger partial charge in [0.15, 0.2) is 0 Å². The molecule has 122 valence electrons. The highest BCUT2D eigenvalue weighted by Crippen LogP contribution is 2.38. The van der Waals surface area contributed by atoms with Gasteiger partial charge in [0.05, 0.1) is 16.2 Å². The number of pyridine rings is 1. The Labute approximate surface area is 149 Å². The SMILES string of the molecule is Oc1ccc(-c2ccc3c(Cl)c(-c4ccccc4O)ccc3n2)cc1. The van der Waals surface area contributed by atoms with Crippen molar-refractivity contribution in [2.75, 3.05) is 0 Å². The molecule has 0 atom stereocenters. The van der Waals surface area contributed by atoms with E-state index in [4.69, 9.17) is 11.6 Å². The molecule has 0 aliphatic rings. The number of hydrogen-bond acceptors (Lipinski definition) is 3. The molecular weight excluding hydrogens is 334 g/mol. The van der Waals surface area contributed by atoms with Crippen molar-refractivity contribution in [3.8, 4) is 33.9 Å². The van der Waals surface area contributed by atoms with Gasteiger partial charge in [0, 0.05) is 22.1 Å². The number of nitrogens with zero attached hydrogens (tertiary/aromatic N) is 1. The van der Waals surface area contributed by atoms with Crippen LogP contribution in [0.4, 0.5) is 0 Å². The van der Waals surface area contributed by atoms with Crippen LogP contribution in [0.15, 0.2) is 72.8 Å². The van der Waals surface area contributed by atoms with E-state index in [0.29, 0.717) is 10.6 Å². The second-order valence-electron chi connectivity index (χ2n) is 5.75. The number of rotatable bonds is 2. The first-order valence-electron chi connectivity index (χ1n) is 7.80. The molecule has 3 nitrogen and oxygen atoms in total. The summed E-state index contributed by atoms with van der Waals surface area (Å²) in [4.78, 5) is 4.66. The number of aromatic hydroxyl groups is 2. The molecule has 0 saturated heterocycles. The van der Waals surface area contributed by atoms with Gasteiger partial charge in [-0.1, -0.05) is 35.9 Å². The standard InChI is InChI=1S/C21H14ClNO2/c22-21-16(15-3-1-2-4-20(15)25)9-12-19-17(21)10-11-18(23-19)13-5-7-14(24)8-6-13/h1-12,24-25H. The van der Waals surface area contributed by atoms with Crippen molar-refractivity contribution in [1.82, 2.24) is 4.98 Å². The molecule has 1 heterocycles. The number of phenolic OH excluding ortho intramolecular Hbond substituents is 2. The molecule has 0 aliphatic heterocycles. The maximum Gasteiger partial charge on any atom is 0.123 e. The molecular formula is C21H14ClNO2. The summed E-state index contributed by atoms with van der Waals surface area (Å²) >= 11 is 6.58. The first-order chi connectivity index (χ1) is 12.1. The minimum Gasteiger partial charge on any atom is -0.508 e. The first-order valence-corrected chi connectivity index (χ1v) is 8.18. The van der Waals surface area contributed by atoms with Gasteiger partial charge in [0.1, 0.15) is 11.5 Å². The highest BCUT2D eigenvalue weighted by atomic mass is 35.5. The van der Waals surface area contributed by atoms with E-state index in [2.05, 4.69) is 4.98 Å². The maximum absolute atomic E-state index is 10.1. The summed E-state index contributed by atoms with van der Waals surface area (Å²) in [6, 6.07) is 21.6. The Morgan fingerprint density at radius 3 is 2.24 bits per heavy atom. The van der Waals surface area contributed by atoms with E-state index in [9.17, 15) is 10.2 Å². The van der Waals surface area contributed by atoms with E-state index in [-0.39, 0.29) is 11.5 Å². The molecule has 0 bridgehead atoms.